The Morgan fingerprint density at radius 1 is 1.11 bits per heavy atom. The summed E-state index contributed by atoms with van der Waals surface area (Å²) in [5, 5.41) is 21.7. The number of fused-ring (bicyclic) bond motifs is 1. The summed E-state index contributed by atoms with van der Waals surface area (Å²) in [6.07, 6.45) is 6.45. The van der Waals surface area contributed by atoms with Crippen LogP contribution in [0.2, 0.25) is 0 Å². The number of rotatable bonds is 7. The molecule has 138 valence electrons. The van der Waals surface area contributed by atoms with Crippen LogP contribution in [0.25, 0.3) is 16.9 Å². The van der Waals surface area contributed by atoms with Gasteiger partial charge in [-0.3, -0.25) is 4.68 Å². The number of aromatic nitrogens is 5. The summed E-state index contributed by atoms with van der Waals surface area (Å²) in [6.45, 7) is 2.81. The van der Waals surface area contributed by atoms with Crippen molar-refractivity contribution in [3.05, 3.63) is 66.6 Å². The first-order chi connectivity index (χ1) is 13.3. The zero-order valence-electron chi connectivity index (χ0n) is 15.2. The molecule has 3 heterocycles. The van der Waals surface area contributed by atoms with Gasteiger partial charge in [0.2, 0.25) is 0 Å². The van der Waals surface area contributed by atoms with E-state index in [4.69, 9.17) is 0 Å². The molecule has 0 spiro atoms. The summed E-state index contributed by atoms with van der Waals surface area (Å²) in [6, 6.07) is 14.0. The second kappa shape index (κ2) is 7.59. The third-order valence-electron chi connectivity index (χ3n) is 4.54. The SMILES string of the molecule is CCC(CO)Nc1ccc2ncc(-c3cnn(Cc4ccccc4)c3)n2n1. The molecule has 4 rings (SSSR count). The van der Waals surface area contributed by atoms with Crippen molar-refractivity contribution in [2.45, 2.75) is 25.9 Å². The van der Waals surface area contributed by atoms with Gasteiger partial charge in [0, 0.05) is 11.8 Å². The average Bonchev–Trinajstić information content (AvgIpc) is 3.33. The Balaban J connectivity index is 1.62. The van der Waals surface area contributed by atoms with Crippen LogP contribution in [0, 0.1) is 0 Å². The van der Waals surface area contributed by atoms with Gasteiger partial charge in [-0.1, -0.05) is 37.3 Å². The second-order valence-electron chi connectivity index (χ2n) is 6.48. The number of anilines is 1. The van der Waals surface area contributed by atoms with E-state index in [1.807, 2.05) is 54.3 Å². The van der Waals surface area contributed by atoms with Crippen molar-refractivity contribution < 1.29 is 5.11 Å². The lowest BCUT2D eigenvalue weighted by atomic mass is 10.2. The molecule has 0 aliphatic heterocycles. The first kappa shape index (κ1) is 17.2. The number of nitrogens with one attached hydrogen (secondary N) is 1. The lowest BCUT2D eigenvalue weighted by Crippen LogP contribution is -2.23. The van der Waals surface area contributed by atoms with Crippen LogP contribution in [0.15, 0.2) is 61.1 Å². The van der Waals surface area contributed by atoms with Gasteiger partial charge in [0.25, 0.3) is 0 Å². The van der Waals surface area contributed by atoms with Crippen LogP contribution in [-0.4, -0.2) is 42.1 Å². The highest BCUT2D eigenvalue weighted by Crippen LogP contribution is 2.21. The van der Waals surface area contributed by atoms with Crippen molar-refractivity contribution in [3.8, 4) is 11.3 Å². The third-order valence-corrected chi connectivity index (χ3v) is 4.54. The van der Waals surface area contributed by atoms with Crippen LogP contribution in [-0.2, 0) is 6.54 Å². The maximum Gasteiger partial charge on any atom is 0.154 e. The normalized spacial score (nSPS) is 12.4. The van der Waals surface area contributed by atoms with E-state index in [1.54, 1.807) is 10.7 Å². The van der Waals surface area contributed by atoms with Crippen molar-refractivity contribution in [3.63, 3.8) is 0 Å². The number of imidazole rings is 1. The zero-order chi connectivity index (χ0) is 18.6. The summed E-state index contributed by atoms with van der Waals surface area (Å²) in [7, 11) is 0. The molecule has 0 aliphatic carbocycles. The fourth-order valence-corrected chi connectivity index (χ4v) is 2.99. The number of hydrogen-bond acceptors (Lipinski definition) is 5. The van der Waals surface area contributed by atoms with E-state index in [-0.39, 0.29) is 12.6 Å². The van der Waals surface area contributed by atoms with E-state index in [0.717, 1.165) is 23.3 Å². The fraction of sp³-hybridized carbons (Fsp3) is 0.250. The van der Waals surface area contributed by atoms with Crippen molar-refractivity contribution in [1.29, 1.82) is 0 Å². The van der Waals surface area contributed by atoms with Gasteiger partial charge in [0.15, 0.2) is 5.65 Å². The predicted octanol–water partition coefficient (Wildman–Crippen LogP) is 2.82. The molecule has 27 heavy (non-hydrogen) atoms. The third kappa shape index (κ3) is 3.68. The summed E-state index contributed by atoms with van der Waals surface area (Å²) in [5.41, 5.74) is 3.80. The Labute approximate surface area is 157 Å². The minimum Gasteiger partial charge on any atom is -0.394 e. The highest BCUT2D eigenvalue weighted by molar-refractivity contribution is 5.62. The van der Waals surface area contributed by atoms with Gasteiger partial charge < -0.3 is 10.4 Å². The minimum atomic E-state index is -0.0180. The standard InChI is InChI=1S/C20H22N6O/c1-2-17(14-27)23-19-8-9-20-21-11-18(26(20)24-19)16-10-22-25(13-16)12-15-6-4-3-5-7-15/h3-11,13,17,27H,2,12,14H2,1H3,(H,23,24). The quantitative estimate of drug-likeness (QED) is 0.528. The fourth-order valence-electron chi connectivity index (χ4n) is 2.99. The maximum absolute atomic E-state index is 9.40. The minimum absolute atomic E-state index is 0.0180. The van der Waals surface area contributed by atoms with Gasteiger partial charge >= 0.3 is 0 Å². The Morgan fingerprint density at radius 2 is 1.96 bits per heavy atom. The van der Waals surface area contributed by atoms with E-state index in [9.17, 15) is 5.11 Å². The lowest BCUT2D eigenvalue weighted by molar-refractivity contribution is 0.271. The van der Waals surface area contributed by atoms with Crippen molar-refractivity contribution in [2.75, 3.05) is 11.9 Å². The molecular formula is C20H22N6O. The molecule has 0 bridgehead atoms. The molecule has 1 aromatic carbocycles. The van der Waals surface area contributed by atoms with Crippen LogP contribution >= 0.6 is 0 Å². The maximum atomic E-state index is 9.40. The van der Waals surface area contributed by atoms with Gasteiger partial charge in [-0.2, -0.15) is 5.10 Å². The molecule has 7 heteroatoms. The average molecular weight is 362 g/mol. The van der Waals surface area contributed by atoms with Gasteiger partial charge in [0.1, 0.15) is 5.82 Å². The number of hydrogen-bond donors (Lipinski definition) is 2. The molecule has 0 fully saturated rings. The van der Waals surface area contributed by atoms with Crippen LogP contribution in [0.5, 0.6) is 0 Å². The largest absolute Gasteiger partial charge is 0.394 e. The summed E-state index contributed by atoms with van der Waals surface area (Å²) < 4.78 is 3.71. The molecule has 0 amide bonds. The first-order valence-corrected chi connectivity index (χ1v) is 9.05. The Hall–Kier alpha value is -3.19. The molecule has 1 unspecified atom stereocenters. The number of aliphatic hydroxyl groups is 1. The summed E-state index contributed by atoms with van der Waals surface area (Å²) in [5.74, 6) is 0.708. The molecule has 0 aliphatic rings. The molecule has 0 saturated heterocycles. The summed E-state index contributed by atoms with van der Waals surface area (Å²) >= 11 is 0. The van der Waals surface area contributed by atoms with E-state index < -0.39 is 0 Å². The molecule has 2 N–H and O–H groups in total. The van der Waals surface area contributed by atoms with Gasteiger partial charge in [0.05, 0.1) is 37.3 Å². The van der Waals surface area contributed by atoms with Crippen molar-refractivity contribution in [2.24, 2.45) is 0 Å². The molecule has 3 aromatic heterocycles. The number of benzene rings is 1. The van der Waals surface area contributed by atoms with Gasteiger partial charge in [-0.05, 0) is 24.1 Å². The van der Waals surface area contributed by atoms with Crippen molar-refractivity contribution in [1.82, 2.24) is 24.4 Å². The van der Waals surface area contributed by atoms with E-state index in [1.165, 1.54) is 5.56 Å². The Morgan fingerprint density at radius 3 is 2.74 bits per heavy atom. The molecule has 0 radical (unpaired) electrons. The topological polar surface area (TPSA) is 80.3 Å². The monoisotopic (exact) mass is 362 g/mol. The number of nitrogens with zero attached hydrogens (tertiary/aromatic N) is 5. The molecule has 1 atom stereocenters. The summed E-state index contributed by atoms with van der Waals surface area (Å²) in [4.78, 5) is 4.44. The van der Waals surface area contributed by atoms with Crippen LogP contribution < -0.4 is 5.32 Å². The molecular weight excluding hydrogens is 340 g/mol. The van der Waals surface area contributed by atoms with Gasteiger partial charge in [-0.15, -0.1) is 5.10 Å². The van der Waals surface area contributed by atoms with Crippen LogP contribution in [0.1, 0.15) is 18.9 Å². The smallest absolute Gasteiger partial charge is 0.154 e. The second-order valence-corrected chi connectivity index (χ2v) is 6.48. The van der Waals surface area contributed by atoms with E-state index >= 15 is 0 Å². The van der Waals surface area contributed by atoms with Gasteiger partial charge in [-0.25, -0.2) is 9.50 Å². The first-order valence-electron chi connectivity index (χ1n) is 9.05. The lowest BCUT2D eigenvalue weighted by Gasteiger charge is -2.14. The van der Waals surface area contributed by atoms with Crippen LogP contribution in [0.3, 0.4) is 0 Å². The zero-order valence-corrected chi connectivity index (χ0v) is 15.2. The van der Waals surface area contributed by atoms with Crippen LogP contribution in [0.4, 0.5) is 5.82 Å². The number of aliphatic hydroxyl groups excluding tert-OH is 1. The molecule has 4 aromatic rings. The molecule has 0 saturated carbocycles. The highest BCUT2D eigenvalue weighted by Gasteiger charge is 2.12. The Kier molecular flexibility index (Phi) is 4.84. The predicted molar refractivity (Wildman–Crippen MR) is 105 cm³/mol. The van der Waals surface area contributed by atoms with E-state index in [2.05, 4.69) is 32.6 Å². The van der Waals surface area contributed by atoms with E-state index in [0.29, 0.717) is 12.4 Å². The van der Waals surface area contributed by atoms with Crippen molar-refractivity contribution >= 4 is 11.5 Å². The molecule has 7 nitrogen and oxygen atoms in total. The Bertz CT molecular complexity index is 1020. The highest BCUT2D eigenvalue weighted by atomic mass is 16.3.